The molecule has 1 unspecified atom stereocenters. The quantitative estimate of drug-likeness (QED) is 0.674. The Hall–Kier alpha value is -3.29. The van der Waals surface area contributed by atoms with Crippen LogP contribution in [-0.2, 0) is 10.3 Å². The Balaban J connectivity index is 1.90. The Morgan fingerprint density at radius 3 is 2.31 bits per heavy atom. The van der Waals surface area contributed by atoms with E-state index in [0.29, 0.717) is 16.3 Å². The van der Waals surface area contributed by atoms with Crippen LogP contribution in [0.5, 0.6) is 5.75 Å². The number of benzene rings is 2. The fraction of sp³-hybridized carbons (Fsp3) is 0.167. The molecule has 0 bridgehead atoms. The second-order valence-corrected chi connectivity index (χ2v) is 5.78. The van der Waals surface area contributed by atoms with Crippen LogP contribution < -0.4 is 10.1 Å². The average Bonchev–Trinajstić information content (AvgIpc) is 2.85. The van der Waals surface area contributed by atoms with Crippen LogP contribution in [0.4, 0.5) is 13.6 Å². The minimum atomic E-state index is -1.35. The molecule has 134 valence electrons. The Labute approximate surface area is 148 Å². The Bertz CT molecular complexity index is 879. The molecule has 6 nitrogen and oxygen atoms in total. The summed E-state index contributed by atoms with van der Waals surface area (Å²) in [6.45, 7) is 1.52. The van der Waals surface area contributed by atoms with Crippen molar-refractivity contribution in [1.82, 2.24) is 10.3 Å². The van der Waals surface area contributed by atoms with E-state index in [1.165, 1.54) is 20.1 Å². The Kier molecular flexibility index (Phi) is 4.41. The van der Waals surface area contributed by atoms with Crippen molar-refractivity contribution in [2.24, 2.45) is 5.10 Å². The predicted octanol–water partition coefficient (Wildman–Crippen LogP) is 2.77. The van der Waals surface area contributed by atoms with Crippen LogP contribution in [0.1, 0.15) is 18.1 Å². The van der Waals surface area contributed by atoms with Gasteiger partial charge >= 0.3 is 6.03 Å². The smallest absolute Gasteiger partial charge is 0.346 e. The second-order valence-electron chi connectivity index (χ2n) is 5.78. The summed E-state index contributed by atoms with van der Waals surface area (Å²) in [6.07, 6.45) is 0.807. The predicted molar refractivity (Wildman–Crippen MR) is 89.7 cm³/mol. The van der Waals surface area contributed by atoms with Gasteiger partial charge in [0.15, 0.2) is 0 Å². The monoisotopic (exact) mass is 359 g/mol. The fourth-order valence-electron chi connectivity index (χ4n) is 2.60. The van der Waals surface area contributed by atoms with Gasteiger partial charge in [-0.2, -0.15) is 5.10 Å². The zero-order valence-electron chi connectivity index (χ0n) is 14.0. The molecule has 1 N–H and O–H groups in total. The summed E-state index contributed by atoms with van der Waals surface area (Å²) in [6, 6.07) is 9.11. The van der Waals surface area contributed by atoms with Gasteiger partial charge in [-0.15, -0.1) is 5.01 Å². The number of methoxy groups -OCH3 is 1. The third kappa shape index (κ3) is 2.90. The number of hydrogen-bond donors (Lipinski definition) is 1. The van der Waals surface area contributed by atoms with Crippen LogP contribution in [0.3, 0.4) is 0 Å². The van der Waals surface area contributed by atoms with Crippen LogP contribution in [0, 0.1) is 11.6 Å². The number of ether oxygens (including phenoxy) is 1. The van der Waals surface area contributed by atoms with E-state index in [2.05, 4.69) is 10.4 Å². The third-order valence-corrected chi connectivity index (χ3v) is 4.14. The van der Waals surface area contributed by atoms with Crippen molar-refractivity contribution in [3.8, 4) is 5.75 Å². The maximum Gasteiger partial charge on any atom is 0.346 e. The van der Waals surface area contributed by atoms with Gasteiger partial charge in [-0.05, 0) is 36.8 Å². The molecule has 1 saturated heterocycles. The molecule has 3 amide bonds. The Morgan fingerprint density at radius 2 is 1.73 bits per heavy atom. The highest BCUT2D eigenvalue weighted by Crippen LogP contribution is 2.30. The largest absolute Gasteiger partial charge is 0.497 e. The number of carbonyl (C=O) groups is 2. The molecule has 1 fully saturated rings. The summed E-state index contributed by atoms with van der Waals surface area (Å²) in [7, 11) is 1.51. The van der Waals surface area contributed by atoms with Crippen LogP contribution in [0.15, 0.2) is 47.6 Å². The SMILES string of the molecule is COc1ccc(C2(C)NC(=O)N(N=Cc3c(F)cccc3F)C2=O)cc1. The van der Waals surface area contributed by atoms with E-state index in [-0.39, 0.29) is 0 Å². The fourth-order valence-corrected chi connectivity index (χ4v) is 2.60. The van der Waals surface area contributed by atoms with E-state index >= 15 is 0 Å². The van der Waals surface area contributed by atoms with Crippen molar-refractivity contribution in [3.63, 3.8) is 0 Å². The normalized spacial score (nSPS) is 19.9. The molecule has 8 heteroatoms. The highest BCUT2D eigenvalue weighted by molar-refractivity contribution is 6.07. The summed E-state index contributed by atoms with van der Waals surface area (Å²) >= 11 is 0. The van der Waals surface area contributed by atoms with E-state index in [1.807, 2.05) is 0 Å². The van der Waals surface area contributed by atoms with Gasteiger partial charge in [0.25, 0.3) is 5.91 Å². The minimum absolute atomic E-state index is 0.439. The van der Waals surface area contributed by atoms with Crippen molar-refractivity contribution in [3.05, 3.63) is 65.2 Å². The number of amides is 3. The molecule has 3 rings (SSSR count). The number of imide groups is 1. The van der Waals surface area contributed by atoms with E-state index < -0.39 is 34.7 Å². The van der Waals surface area contributed by atoms with Gasteiger partial charge in [0.1, 0.15) is 22.9 Å². The number of nitrogens with zero attached hydrogens (tertiary/aromatic N) is 2. The van der Waals surface area contributed by atoms with E-state index in [4.69, 9.17) is 4.74 Å². The highest BCUT2D eigenvalue weighted by atomic mass is 19.1. The number of rotatable bonds is 4. The minimum Gasteiger partial charge on any atom is -0.497 e. The second kappa shape index (κ2) is 6.55. The molecular weight excluding hydrogens is 344 g/mol. The molecule has 0 aromatic heterocycles. The molecule has 26 heavy (non-hydrogen) atoms. The van der Waals surface area contributed by atoms with Gasteiger partial charge in [0.2, 0.25) is 0 Å². The van der Waals surface area contributed by atoms with Crippen LogP contribution in [0.25, 0.3) is 0 Å². The lowest BCUT2D eigenvalue weighted by molar-refractivity contribution is -0.131. The number of hydrazone groups is 1. The number of halogens is 2. The number of urea groups is 1. The summed E-state index contributed by atoms with van der Waals surface area (Å²) in [5.74, 6) is -1.77. The number of nitrogens with one attached hydrogen (secondary N) is 1. The van der Waals surface area contributed by atoms with Gasteiger partial charge in [-0.25, -0.2) is 13.6 Å². The average molecular weight is 359 g/mol. The molecule has 1 heterocycles. The lowest BCUT2D eigenvalue weighted by Gasteiger charge is -2.21. The standard InChI is InChI=1S/C18H15F2N3O3/c1-18(11-6-8-12(26-2)9-7-11)16(24)23(17(25)22-18)21-10-13-14(19)4-3-5-15(13)20/h3-10H,1-2H3,(H,22,25). The summed E-state index contributed by atoms with van der Waals surface area (Å²) in [5, 5.41) is 6.77. The van der Waals surface area contributed by atoms with Crippen LogP contribution >= 0.6 is 0 Å². The number of hydrogen-bond acceptors (Lipinski definition) is 4. The Morgan fingerprint density at radius 1 is 1.12 bits per heavy atom. The summed E-state index contributed by atoms with van der Waals surface area (Å²) < 4.78 is 32.4. The van der Waals surface area contributed by atoms with Crippen LogP contribution in [0.2, 0.25) is 0 Å². The topological polar surface area (TPSA) is 71.0 Å². The molecule has 0 radical (unpaired) electrons. The summed E-state index contributed by atoms with van der Waals surface area (Å²) in [5.41, 5.74) is -1.27. The van der Waals surface area contributed by atoms with Gasteiger partial charge in [-0.3, -0.25) is 4.79 Å². The zero-order chi connectivity index (χ0) is 18.9. The lowest BCUT2D eigenvalue weighted by Crippen LogP contribution is -2.40. The molecule has 1 aliphatic rings. The van der Waals surface area contributed by atoms with Crippen molar-refractivity contribution < 1.29 is 23.1 Å². The molecule has 1 aliphatic heterocycles. The van der Waals surface area contributed by atoms with Crippen molar-refractivity contribution in [2.45, 2.75) is 12.5 Å². The first kappa shape index (κ1) is 17.5. The number of carbonyl (C=O) groups excluding carboxylic acids is 2. The molecule has 2 aromatic carbocycles. The van der Waals surface area contributed by atoms with Crippen molar-refractivity contribution in [1.29, 1.82) is 0 Å². The van der Waals surface area contributed by atoms with E-state index in [1.54, 1.807) is 24.3 Å². The molecule has 0 spiro atoms. The molecular formula is C18H15F2N3O3. The molecule has 1 atom stereocenters. The highest BCUT2D eigenvalue weighted by Gasteiger charge is 2.49. The van der Waals surface area contributed by atoms with E-state index in [0.717, 1.165) is 18.3 Å². The van der Waals surface area contributed by atoms with Gasteiger partial charge in [0, 0.05) is 0 Å². The van der Waals surface area contributed by atoms with Gasteiger partial charge in [-0.1, -0.05) is 18.2 Å². The van der Waals surface area contributed by atoms with Crippen LogP contribution in [-0.4, -0.2) is 30.3 Å². The zero-order valence-corrected chi connectivity index (χ0v) is 14.0. The van der Waals surface area contributed by atoms with E-state index in [9.17, 15) is 18.4 Å². The lowest BCUT2D eigenvalue weighted by atomic mass is 9.92. The molecule has 2 aromatic rings. The first-order chi connectivity index (χ1) is 12.4. The van der Waals surface area contributed by atoms with Gasteiger partial charge < -0.3 is 10.1 Å². The maximum absolute atomic E-state index is 13.7. The van der Waals surface area contributed by atoms with Crippen molar-refractivity contribution >= 4 is 18.2 Å². The third-order valence-electron chi connectivity index (χ3n) is 4.14. The first-order valence-corrected chi connectivity index (χ1v) is 7.66. The first-order valence-electron chi connectivity index (χ1n) is 7.66. The maximum atomic E-state index is 13.7. The van der Waals surface area contributed by atoms with Crippen molar-refractivity contribution in [2.75, 3.05) is 7.11 Å². The molecule has 0 aliphatic carbocycles. The summed E-state index contributed by atoms with van der Waals surface area (Å²) in [4.78, 5) is 24.8. The molecule has 0 saturated carbocycles. The van der Waals surface area contributed by atoms with Gasteiger partial charge in [0.05, 0.1) is 18.9 Å².